The number of hydrogen-bond acceptors (Lipinski definition) is 3. The summed E-state index contributed by atoms with van der Waals surface area (Å²) in [4.78, 5) is 7.51. The number of H-pyrrole nitrogens is 1. The van der Waals surface area contributed by atoms with Gasteiger partial charge in [0.2, 0.25) is 0 Å². The first-order valence-electron chi connectivity index (χ1n) is 6.50. The Morgan fingerprint density at radius 2 is 2.32 bits per heavy atom. The Kier molecular flexibility index (Phi) is 3.20. The number of benzene rings is 1. The Balaban J connectivity index is 1.63. The summed E-state index contributed by atoms with van der Waals surface area (Å²) in [7, 11) is 0. The van der Waals surface area contributed by atoms with Crippen molar-refractivity contribution in [3.63, 3.8) is 0 Å². The molecule has 4 heteroatoms. The Hall–Kier alpha value is -2.28. The van der Waals surface area contributed by atoms with Crippen LogP contribution in [-0.4, -0.2) is 16.6 Å². The number of aromatic nitrogens is 2. The molecule has 19 heavy (non-hydrogen) atoms. The standard InChI is InChI=1S/C15H15N3O/c16-8-12-3-1-2-4-15(12)19-9-11-5-6-13-14(7-11)18-10-17-13/h1-4,10-11H,5-7,9H2,(H,17,18). The van der Waals surface area contributed by atoms with Gasteiger partial charge in [-0.05, 0) is 37.3 Å². The molecule has 0 amide bonds. The van der Waals surface area contributed by atoms with Crippen LogP contribution in [0.15, 0.2) is 30.6 Å². The number of nitrogens with one attached hydrogen (secondary N) is 1. The van der Waals surface area contributed by atoms with E-state index in [1.807, 2.05) is 18.2 Å². The summed E-state index contributed by atoms with van der Waals surface area (Å²) in [6, 6.07) is 9.52. The van der Waals surface area contributed by atoms with Crippen LogP contribution >= 0.6 is 0 Å². The van der Waals surface area contributed by atoms with Crippen molar-refractivity contribution in [2.75, 3.05) is 6.61 Å². The number of ether oxygens (including phenoxy) is 1. The molecule has 0 spiro atoms. The van der Waals surface area contributed by atoms with Gasteiger partial charge in [-0.1, -0.05) is 12.1 Å². The molecule has 0 bridgehead atoms. The molecule has 0 saturated carbocycles. The van der Waals surface area contributed by atoms with Crippen LogP contribution in [0, 0.1) is 17.2 Å². The maximum absolute atomic E-state index is 9.01. The van der Waals surface area contributed by atoms with E-state index in [0.717, 1.165) is 25.0 Å². The largest absolute Gasteiger partial charge is 0.492 e. The molecule has 0 saturated heterocycles. The molecule has 4 nitrogen and oxygen atoms in total. The van der Waals surface area contributed by atoms with Gasteiger partial charge in [0, 0.05) is 5.69 Å². The van der Waals surface area contributed by atoms with Crippen LogP contribution in [-0.2, 0) is 12.8 Å². The van der Waals surface area contributed by atoms with Crippen molar-refractivity contribution in [1.82, 2.24) is 9.97 Å². The van der Waals surface area contributed by atoms with Gasteiger partial charge in [-0.15, -0.1) is 0 Å². The summed E-state index contributed by atoms with van der Waals surface area (Å²) in [5.74, 6) is 1.15. The fourth-order valence-corrected chi connectivity index (χ4v) is 2.50. The molecule has 2 aromatic rings. The van der Waals surface area contributed by atoms with Gasteiger partial charge < -0.3 is 9.72 Å². The third-order valence-corrected chi connectivity index (χ3v) is 3.57. The first kappa shape index (κ1) is 11.8. The molecule has 0 aliphatic heterocycles. The van der Waals surface area contributed by atoms with E-state index in [2.05, 4.69) is 16.0 Å². The monoisotopic (exact) mass is 253 g/mol. The average Bonchev–Trinajstić information content (AvgIpc) is 2.93. The highest BCUT2D eigenvalue weighted by Gasteiger charge is 2.21. The van der Waals surface area contributed by atoms with Crippen LogP contribution in [0.3, 0.4) is 0 Å². The van der Waals surface area contributed by atoms with Crippen LogP contribution in [0.5, 0.6) is 5.75 Å². The van der Waals surface area contributed by atoms with Crippen LogP contribution in [0.25, 0.3) is 0 Å². The smallest absolute Gasteiger partial charge is 0.137 e. The molecular weight excluding hydrogens is 238 g/mol. The summed E-state index contributed by atoms with van der Waals surface area (Å²) in [5, 5.41) is 9.01. The van der Waals surface area contributed by atoms with Crippen molar-refractivity contribution in [2.24, 2.45) is 5.92 Å². The van der Waals surface area contributed by atoms with Gasteiger partial charge in [0.15, 0.2) is 0 Å². The Morgan fingerprint density at radius 3 is 3.21 bits per heavy atom. The number of aryl methyl sites for hydroxylation is 1. The maximum Gasteiger partial charge on any atom is 0.137 e. The summed E-state index contributed by atoms with van der Waals surface area (Å²) in [6.07, 6.45) is 4.85. The topological polar surface area (TPSA) is 61.7 Å². The molecule has 1 N–H and O–H groups in total. The molecule has 1 aromatic heterocycles. The summed E-state index contributed by atoms with van der Waals surface area (Å²) >= 11 is 0. The highest BCUT2D eigenvalue weighted by atomic mass is 16.5. The Morgan fingerprint density at radius 1 is 1.42 bits per heavy atom. The lowest BCUT2D eigenvalue weighted by atomic mass is 9.90. The van der Waals surface area contributed by atoms with Crippen molar-refractivity contribution in [2.45, 2.75) is 19.3 Å². The lowest BCUT2D eigenvalue weighted by Crippen LogP contribution is -2.21. The quantitative estimate of drug-likeness (QED) is 0.914. The molecular formula is C15H15N3O. The van der Waals surface area contributed by atoms with Gasteiger partial charge in [0.25, 0.3) is 0 Å². The van der Waals surface area contributed by atoms with Crippen molar-refractivity contribution in [1.29, 1.82) is 5.26 Å². The molecule has 1 aliphatic rings. The predicted octanol–water partition coefficient (Wildman–Crippen LogP) is 2.47. The zero-order valence-electron chi connectivity index (χ0n) is 10.6. The first-order valence-corrected chi connectivity index (χ1v) is 6.50. The van der Waals surface area contributed by atoms with E-state index in [1.165, 1.54) is 5.69 Å². The zero-order valence-corrected chi connectivity index (χ0v) is 10.6. The molecule has 3 rings (SSSR count). The Bertz CT molecular complexity index is 612. The molecule has 1 aromatic carbocycles. The second kappa shape index (κ2) is 5.15. The average molecular weight is 253 g/mol. The highest BCUT2D eigenvalue weighted by molar-refractivity contribution is 5.42. The molecule has 0 radical (unpaired) electrons. The number of rotatable bonds is 3. The minimum Gasteiger partial charge on any atom is -0.492 e. The number of fused-ring (bicyclic) bond motifs is 1. The second-order valence-corrected chi connectivity index (χ2v) is 4.86. The van der Waals surface area contributed by atoms with Crippen molar-refractivity contribution >= 4 is 0 Å². The fourth-order valence-electron chi connectivity index (χ4n) is 2.50. The minimum atomic E-state index is 0.475. The van der Waals surface area contributed by atoms with E-state index in [4.69, 9.17) is 10.00 Å². The van der Waals surface area contributed by atoms with E-state index in [1.54, 1.807) is 12.4 Å². The highest BCUT2D eigenvalue weighted by Crippen LogP contribution is 2.24. The number of aromatic amines is 1. The van der Waals surface area contributed by atoms with Gasteiger partial charge in [-0.25, -0.2) is 4.98 Å². The molecule has 1 aliphatic carbocycles. The SMILES string of the molecule is N#Cc1ccccc1OCC1CCc2[nH]cnc2C1. The lowest BCUT2D eigenvalue weighted by Gasteiger charge is -2.21. The van der Waals surface area contributed by atoms with Crippen LogP contribution in [0.4, 0.5) is 0 Å². The van der Waals surface area contributed by atoms with Crippen molar-refractivity contribution in [3.05, 3.63) is 47.5 Å². The van der Waals surface area contributed by atoms with Gasteiger partial charge in [0.05, 0.1) is 24.2 Å². The molecule has 0 fully saturated rings. The van der Waals surface area contributed by atoms with Crippen LogP contribution in [0.2, 0.25) is 0 Å². The van der Waals surface area contributed by atoms with Gasteiger partial charge in [-0.3, -0.25) is 0 Å². The van der Waals surface area contributed by atoms with E-state index >= 15 is 0 Å². The van der Waals surface area contributed by atoms with Gasteiger partial charge in [-0.2, -0.15) is 5.26 Å². The van der Waals surface area contributed by atoms with Crippen molar-refractivity contribution in [3.8, 4) is 11.8 Å². The predicted molar refractivity (Wildman–Crippen MR) is 70.8 cm³/mol. The number of imidazole rings is 1. The number of hydrogen-bond donors (Lipinski definition) is 1. The van der Waals surface area contributed by atoms with Crippen LogP contribution < -0.4 is 4.74 Å². The summed E-state index contributed by atoms with van der Waals surface area (Å²) in [6.45, 7) is 0.644. The van der Waals surface area contributed by atoms with Crippen LogP contribution in [0.1, 0.15) is 23.4 Å². The molecule has 1 unspecified atom stereocenters. The Labute approximate surface area is 112 Å². The summed E-state index contributed by atoms with van der Waals surface area (Å²) in [5.41, 5.74) is 3.01. The van der Waals surface area contributed by atoms with Crippen molar-refractivity contribution < 1.29 is 4.74 Å². The third-order valence-electron chi connectivity index (χ3n) is 3.57. The molecule has 1 heterocycles. The molecule has 1 atom stereocenters. The number of nitrogens with zero attached hydrogens (tertiary/aromatic N) is 2. The maximum atomic E-state index is 9.01. The summed E-state index contributed by atoms with van der Waals surface area (Å²) < 4.78 is 5.80. The number of para-hydroxylation sites is 1. The van der Waals surface area contributed by atoms with E-state index in [-0.39, 0.29) is 0 Å². The zero-order chi connectivity index (χ0) is 13.1. The van der Waals surface area contributed by atoms with E-state index in [0.29, 0.717) is 23.8 Å². The number of nitriles is 1. The van der Waals surface area contributed by atoms with Gasteiger partial charge >= 0.3 is 0 Å². The third kappa shape index (κ3) is 2.45. The lowest BCUT2D eigenvalue weighted by molar-refractivity contribution is 0.232. The van der Waals surface area contributed by atoms with E-state index < -0.39 is 0 Å². The van der Waals surface area contributed by atoms with E-state index in [9.17, 15) is 0 Å². The molecule has 96 valence electrons. The fraction of sp³-hybridized carbons (Fsp3) is 0.333. The van der Waals surface area contributed by atoms with Gasteiger partial charge in [0.1, 0.15) is 11.8 Å². The second-order valence-electron chi connectivity index (χ2n) is 4.86. The minimum absolute atomic E-state index is 0.475. The first-order chi connectivity index (χ1) is 9.36. The normalized spacial score (nSPS) is 17.5.